The summed E-state index contributed by atoms with van der Waals surface area (Å²) in [4.78, 5) is 4.49. The van der Waals surface area contributed by atoms with Gasteiger partial charge in [-0.05, 0) is 19.1 Å². The molecule has 0 saturated carbocycles. The number of aryl methyl sites for hydroxylation is 1. The monoisotopic (exact) mass is 372 g/mol. The normalized spacial score (nSPS) is 13.1. The third kappa shape index (κ3) is 3.16. The molecule has 0 fully saturated rings. The third-order valence-corrected chi connectivity index (χ3v) is 5.35. The molecule has 0 amide bonds. The molecule has 0 spiro atoms. The number of aromatic nitrogens is 1. The predicted molar refractivity (Wildman–Crippen MR) is 93.3 cm³/mol. The number of sulfonamides is 1. The number of oxazole rings is 1. The number of hydrogen-bond acceptors (Lipinski definition) is 6. The van der Waals surface area contributed by atoms with Gasteiger partial charge in [-0.25, -0.2) is 18.1 Å². The molecule has 0 bridgehead atoms. The first kappa shape index (κ1) is 16.6. The Hall–Kier alpha value is -2.84. The van der Waals surface area contributed by atoms with Gasteiger partial charge in [-0.15, -0.1) is 0 Å². The fourth-order valence-electron chi connectivity index (χ4n) is 2.67. The van der Waals surface area contributed by atoms with Crippen molar-refractivity contribution < 1.29 is 22.3 Å². The van der Waals surface area contributed by atoms with Crippen molar-refractivity contribution in [2.24, 2.45) is 0 Å². The molecule has 8 heteroatoms. The first-order valence-corrected chi connectivity index (χ1v) is 9.42. The standard InChI is InChI=1S/C18H16N2O5S/c1-12-18(13-5-3-2-4-6-13)20-17(25-12)10-19-26(21,22)14-7-8-15-16(9-14)24-11-23-15/h2-9,19H,10-11H2,1H3. The summed E-state index contributed by atoms with van der Waals surface area (Å²) in [6.45, 7) is 1.83. The van der Waals surface area contributed by atoms with E-state index in [1.807, 2.05) is 30.3 Å². The molecule has 1 aliphatic heterocycles. The molecule has 0 unspecified atom stereocenters. The number of fused-ring (bicyclic) bond motifs is 1. The number of benzene rings is 2. The Bertz CT molecular complexity index is 1040. The molecule has 26 heavy (non-hydrogen) atoms. The predicted octanol–water partition coefficient (Wildman–Crippen LogP) is 2.86. The maximum atomic E-state index is 12.5. The summed E-state index contributed by atoms with van der Waals surface area (Å²) in [7, 11) is -3.73. The highest BCUT2D eigenvalue weighted by Crippen LogP contribution is 2.33. The minimum Gasteiger partial charge on any atom is -0.454 e. The van der Waals surface area contributed by atoms with Crippen molar-refractivity contribution in [3.05, 3.63) is 60.2 Å². The second kappa shape index (κ2) is 6.47. The fraction of sp³-hybridized carbons (Fsp3) is 0.167. The van der Waals surface area contributed by atoms with Crippen molar-refractivity contribution in [2.45, 2.75) is 18.4 Å². The first-order valence-electron chi connectivity index (χ1n) is 7.94. The van der Waals surface area contributed by atoms with Crippen LogP contribution in [0.4, 0.5) is 0 Å². The van der Waals surface area contributed by atoms with Crippen molar-refractivity contribution in [1.29, 1.82) is 0 Å². The SMILES string of the molecule is Cc1oc(CNS(=O)(=O)c2ccc3c(c2)OCO3)nc1-c1ccccc1. The van der Waals surface area contributed by atoms with Crippen molar-refractivity contribution >= 4 is 10.0 Å². The summed E-state index contributed by atoms with van der Waals surface area (Å²) in [5, 5.41) is 0. The molecule has 1 aromatic heterocycles. The molecule has 2 heterocycles. The van der Waals surface area contributed by atoms with Gasteiger partial charge < -0.3 is 13.9 Å². The van der Waals surface area contributed by atoms with E-state index in [-0.39, 0.29) is 18.2 Å². The van der Waals surface area contributed by atoms with Gasteiger partial charge in [0.25, 0.3) is 0 Å². The Morgan fingerprint density at radius 3 is 2.65 bits per heavy atom. The third-order valence-electron chi connectivity index (χ3n) is 3.96. The lowest BCUT2D eigenvalue weighted by molar-refractivity contribution is 0.174. The van der Waals surface area contributed by atoms with Crippen LogP contribution >= 0.6 is 0 Å². The van der Waals surface area contributed by atoms with E-state index in [4.69, 9.17) is 13.9 Å². The van der Waals surface area contributed by atoms with Crippen LogP contribution in [0.2, 0.25) is 0 Å². The van der Waals surface area contributed by atoms with Crippen LogP contribution in [0.5, 0.6) is 11.5 Å². The molecular formula is C18H16N2O5S. The van der Waals surface area contributed by atoms with E-state index in [1.165, 1.54) is 12.1 Å². The Kier molecular flexibility index (Phi) is 4.14. The van der Waals surface area contributed by atoms with Gasteiger partial charge >= 0.3 is 0 Å². The van der Waals surface area contributed by atoms with Gasteiger partial charge in [0, 0.05) is 11.6 Å². The molecule has 0 saturated heterocycles. The molecule has 1 N–H and O–H groups in total. The highest BCUT2D eigenvalue weighted by molar-refractivity contribution is 7.89. The van der Waals surface area contributed by atoms with E-state index in [1.54, 1.807) is 13.0 Å². The Labute approximate surface area is 150 Å². The Morgan fingerprint density at radius 1 is 1.08 bits per heavy atom. The molecular weight excluding hydrogens is 356 g/mol. The summed E-state index contributed by atoms with van der Waals surface area (Å²) < 4.78 is 43.5. The van der Waals surface area contributed by atoms with Gasteiger partial charge in [-0.1, -0.05) is 30.3 Å². The number of nitrogens with one attached hydrogen (secondary N) is 1. The van der Waals surface area contributed by atoms with Gasteiger partial charge in [0.15, 0.2) is 11.5 Å². The van der Waals surface area contributed by atoms with Crippen LogP contribution < -0.4 is 14.2 Å². The number of nitrogens with zero attached hydrogens (tertiary/aromatic N) is 1. The van der Waals surface area contributed by atoms with Crippen molar-refractivity contribution in [3.63, 3.8) is 0 Å². The second-order valence-corrected chi connectivity index (χ2v) is 7.48. The Balaban J connectivity index is 1.52. The molecule has 0 atom stereocenters. The summed E-state index contributed by atoms with van der Waals surface area (Å²) in [5.41, 5.74) is 1.61. The summed E-state index contributed by atoms with van der Waals surface area (Å²) in [5.74, 6) is 1.87. The van der Waals surface area contributed by atoms with Crippen LogP contribution in [0.15, 0.2) is 57.8 Å². The summed E-state index contributed by atoms with van der Waals surface area (Å²) in [6.07, 6.45) is 0. The van der Waals surface area contributed by atoms with Gasteiger partial charge in [0.2, 0.25) is 22.7 Å². The number of rotatable bonds is 5. The Morgan fingerprint density at radius 2 is 1.85 bits per heavy atom. The lowest BCUT2D eigenvalue weighted by Crippen LogP contribution is -2.23. The molecule has 0 aliphatic carbocycles. The van der Waals surface area contributed by atoms with E-state index in [0.29, 0.717) is 28.8 Å². The van der Waals surface area contributed by atoms with Crippen LogP contribution in [0.25, 0.3) is 11.3 Å². The molecule has 7 nitrogen and oxygen atoms in total. The van der Waals surface area contributed by atoms with Gasteiger partial charge in [0.1, 0.15) is 11.5 Å². The van der Waals surface area contributed by atoms with Crippen LogP contribution in [0.3, 0.4) is 0 Å². The van der Waals surface area contributed by atoms with E-state index in [9.17, 15) is 8.42 Å². The summed E-state index contributed by atoms with van der Waals surface area (Å²) in [6, 6.07) is 14.0. The van der Waals surface area contributed by atoms with Crippen molar-refractivity contribution in [1.82, 2.24) is 9.71 Å². The highest BCUT2D eigenvalue weighted by Gasteiger charge is 2.21. The van der Waals surface area contributed by atoms with Crippen molar-refractivity contribution in [2.75, 3.05) is 6.79 Å². The van der Waals surface area contributed by atoms with Crippen molar-refractivity contribution in [3.8, 4) is 22.8 Å². The first-order chi connectivity index (χ1) is 12.5. The number of ether oxygens (including phenoxy) is 2. The second-order valence-electron chi connectivity index (χ2n) is 5.72. The highest BCUT2D eigenvalue weighted by atomic mass is 32.2. The van der Waals surface area contributed by atoms with Gasteiger partial charge in [-0.2, -0.15) is 0 Å². The zero-order valence-electron chi connectivity index (χ0n) is 13.9. The number of hydrogen-bond donors (Lipinski definition) is 1. The molecule has 3 aromatic rings. The van der Waals surface area contributed by atoms with E-state index in [0.717, 1.165) is 5.56 Å². The zero-order chi connectivity index (χ0) is 18.1. The smallest absolute Gasteiger partial charge is 0.241 e. The van der Waals surface area contributed by atoms with E-state index >= 15 is 0 Å². The van der Waals surface area contributed by atoms with E-state index < -0.39 is 10.0 Å². The average Bonchev–Trinajstić information content (AvgIpc) is 3.26. The molecule has 0 radical (unpaired) electrons. The van der Waals surface area contributed by atoms with Crippen LogP contribution in [0.1, 0.15) is 11.7 Å². The zero-order valence-corrected chi connectivity index (χ0v) is 14.7. The average molecular weight is 372 g/mol. The van der Waals surface area contributed by atoms with Crippen LogP contribution in [-0.2, 0) is 16.6 Å². The largest absolute Gasteiger partial charge is 0.454 e. The summed E-state index contributed by atoms with van der Waals surface area (Å²) >= 11 is 0. The van der Waals surface area contributed by atoms with Crippen LogP contribution in [-0.4, -0.2) is 20.2 Å². The minimum absolute atomic E-state index is 0.0511. The topological polar surface area (TPSA) is 90.7 Å². The molecule has 4 rings (SSSR count). The minimum atomic E-state index is -3.73. The lowest BCUT2D eigenvalue weighted by atomic mass is 10.1. The maximum absolute atomic E-state index is 12.5. The van der Waals surface area contributed by atoms with Gasteiger partial charge in [0.05, 0.1) is 11.4 Å². The quantitative estimate of drug-likeness (QED) is 0.741. The maximum Gasteiger partial charge on any atom is 0.241 e. The van der Waals surface area contributed by atoms with E-state index in [2.05, 4.69) is 9.71 Å². The molecule has 2 aromatic carbocycles. The molecule has 1 aliphatic rings. The fourth-order valence-corrected chi connectivity index (χ4v) is 3.66. The van der Waals surface area contributed by atoms with Crippen LogP contribution in [0, 0.1) is 6.92 Å². The lowest BCUT2D eigenvalue weighted by Gasteiger charge is -2.05. The van der Waals surface area contributed by atoms with Gasteiger partial charge in [-0.3, -0.25) is 0 Å². The molecule has 134 valence electrons.